The van der Waals surface area contributed by atoms with Gasteiger partial charge in [-0.1, -0.05) is 18.2 Å². The number of Topliss-reactive ketones (excluding diaryl/α,β-unsaturated/α-hetero) is 1. The van der Waals surface area contributed by atoms with E-state index in [9.17, 15) is 4.79 Å². The molecule has 3 nitrogen and oxygen atoms in total. The number of ether oxygens (including phenoxy) is 1. The van der Waals surface area contributed by atoms with Gasteiger partial charge in [-0.2, -0.15) is 0 Å². The van der Waals surface area contributed by atoms with E-state index >= 15 is 0 Å². The zero-order chi connectivity index (χ0) is 13.1. The Morgan fingerprint density at radius 1 is 1.16 bits per heavy atom. The Morgan fingerprint density at radius 2 is 2.00 bits per heavy atom. The summed E-state index contributed by atoms with van der Waals surface area (Å²) in [4.78, 5) is 12.1. The minimum atomic E-state index is 0.0125. The molecule has 0 unspecified atom stereocenters. The molecule has 1 aliphatic rings. The molecule has 0 radical (unpaired) electrons. The Labute approximate surface area is 112 Å². The second kappa shape index (κ2) is 5.14. The number of hydrogen-bond acceptors (Lipinski definition) is 3. The Kier molecular flexibility index (Phi) is 3.19. The number of carbonyl (C=O) groups excluding carboxylic acids is 1. The van der Waals surface area contributed by atoms with Gasteiger partial charge >= 0.3 is 0 Å². The Balaban J connectivity index is 1.67. The molecule has 1 heterocycles. The highest BCUT2D eigenvalue weighted by molar-refractivity contribution is 5.98. The van der Waals surface area contributed by atoms with E-state index in [0.29, 0.717) is 0 Å². The fourth-order valence-corrected chi connectivity index (χ4v) is 2.23. The third-order valence-corrected chi connectivity index (χ3v) is 3.25. The zero-order valence-corrected chi connectivity index (χ0v) is 10.6. The molecule has 3 rings (SSSR count). The predicted molar refractivity (Wildman–Crippen MR) is 74.9 cm³/mol. The maximum absolute atomic E-state index is 12.1. The molecule has 0 amide bonds. The average molecular weight is 253 g/mol. The number of anilines is 1. The maximum Gasteiger partial charge on any atom is 0.200 e. The predicted octanol–water partition coefficient (Wildman–Crippen LogP) is 2.92. The van der Waals surface area contributed by atoms with Gasteiger partial charge in [0.25, 0.3) is 0 Å². The number of para-hydroxylation sites is 1. The first-order valence-electron chi connectivity index (χ1n) is 6.41. The van der Waals surface area contributed by atoms with Crippen molar-refractivity contribution in [3.8, 4) is 5.75 Å². The molecule has 2 aromatic rings. The van der Waals surface area contributed by atoms with Gasteiger partial charge < -0.3 is 10.1 Å². The fraction of sp³-hybridized carbons (Fsp3) is 0.188. The van der Waals surface area contributed by atoms with Crippen LogP contribution >= 0.6 is 0 Å². The Bertz CT molecular complexity index is 593. The van der Waals surface area contributed by atoms with Crippen LogP contribution in [-0.4, -0.2) is 18.9 Å². The Morgan fingerprint density at radius 3 is 2.84 bits per heavy atom. The lowest BCUT2D eigenvalue weighted by Crippen LogP contribution is -2.11. The topological polar surface area (TPSA) is 38.3 Å². The first-order valence-corrected chi connectivity index (χ1v) is 6.41. The molecule has 19 heavy (non-hydrogen) atoms. The first kappa shape index (κ1) is 11.8. The minimum Gasteiger partial charge on any atom is -0.485 e. The molecule has 0 aromatic heterocycles. The van der Waals surface area contributed by atoms with E-state index in [1.54, 1.807) is 0 Å². The summed E-state index contributed by atoms with van der Waals surface area (Å²) in [5, 5.41) is 3.28. The van der Waals surface area contributed by atoms with Gasteiger partial charge in [-0.15, -0.1) is 0 Å². The molecule has 0 fully saturated rings. The van der Waals surface area contributed by atoms with Crippen LogP contribution in [0.15, 0.2) is 48.5 Å². The highest BCUT2D eigenvalue weighted by Crippen LogP contribution is 2.23. The van der Waals surface area contributed by atoms with Crippen LogP contribution in [0.1, 0.15) is 15.9 Å². The summed E-state index contributed by atoms with van der Waals surface area (Å²) in [6.45, 7) is 1.03. The van der Waals surface area contributed by atoms with Crippen LogP contribution < -0.4 is 10.1 Å². The van der Waals surface area contributed by atoms with E-state index in [2.05, 4.69) is 5.32 Å². The molecule has 1 N–H and O–H groups in total. The zero-order valence-electron chi connectivity index (χ0n) is 10.6. The van der Waals surface area contributed by atoms with E-state index in [-0.39, 0.29) is 12.4 Å². The number of fused-ring (bicyclic) bond motifs is 1. The number of carbonyl (C=O) groups is 1. The number of benzene rings is 2. The van der Waals surface area contributed by atoms with Crippen LogP contribution in [0.5, 0.6) is 5.75 Å². The molecule has 0 saturated carbocycles. The average Bonchev–Trinajstić information content (AvgIpc) is 2.93. The molecule has 2 aromatic carbocycles. The van der Waals surface area contributed by atoms with Crippen LogP contribution in [0.25, 0.3) is 0 Å². The summed E-state index contributed by atoms with van der Waals surface area (Å²) >= 11 is 0. The van der Waals surface area contributed by atoms with Gasteiger partial charge in [-0.05, 0) is 42.3 Å². The van der Waals surface area contributed by atoms with E-state index in [1.807, 2.05) is 48.5 Å². The lowest BCUT2D eigenvalue weighted by Gasteiger charge is -2.06. The smallest absolute Gasteiger partial charge is 0.200 e. The SMILES string of the molecule is O=C(COc1ccccc1)c1ccc2c(c1)CCN2. The maximum atomic E-state index is 12.1. The summed E-state index contributed by atoms with van der Waals surface area (Å²) in [5.41, 5.74) is 3.07. The quantitative estimate of drug-likeness (QED) is 0.851. The summed E-state index contributed by atoms with van der Waals surface area (Å²) in [6.07, 6.45) is 0.982. The largest absolute Gasteiger partial charge is 0.485 e. The van der Waals surface area contributed by atoms with E-state index in [1.165, 1.54) is 5.56 Å². The van der Waals surface area contributed by atoms with E-state index in [4.69, 9.17) is 4.74 Å². The van der Waals surface area contributed by atoms with Crippen LogP contribution in [-0.2, 0) is 6.42 Å². The van der Waals surface area contributed by atoms with E-state index < -0.39 is 0 Å². The van der Waals surface area contributed by atoms with Crippen molar-refractivity contribution in [3.05, 3.63) is 59.7 Å². The molecular weight excluding hydrogens is 238 g/mol. The van der Waals surface area contributed by atoms with Gasteiger partial charge in [-0.25, -0.2) is 0 Å². The highest BCUT2D eigenvalue weighted by atomic mass is 16.5. The van der Waals surface area contributed by atoms with Crippen molar-refractivity contribution >= 4 is 11.5 Å². The summed E-state index contributed by atoms with van der Waals surface area (Å²) < 4.78 is 5.48. The van der Waals surface area contributed by atoms with Gasteiger partial charge in [0.1, 0.15) is 5.75 Å². The molecule has 0 saturated heterocycles. The lowest BCUT2D eigenvalue weighted by atomic mass is 10.1. The summed E-state index contributed by atoms with van der Waals surface area (Å²) in [6, 6.07) is 15.2. The van der Waals surface area contributed by atoms with Crippen LogP contribution in [0.4, 0.5) is 5.69 Å². The summed E-state index contributed by atoms with van der Waals surface area (Å²) in [7, 11) is 0. The number of hydrogen-bond donors (Lipinski definition) is 1. The fourth-order valence-electron chi connectivity index (χ4n) is 2.23. The van der Waals surface area contributed by atoms with Gasteiger partial charge in [0.15, 0.2) is 12.4 Å². The number of nitrogens with one attached hydrogen (secondary N) is 1. The highest BCUT2D eigenvalue weighted by Gasteiger charge is 2.13. The van der Waals surface area contributed by atoms with Crippen molar-refractivity contribution in [1.82, 2.24) is 0 Å². The van der Waals surface area contributed by atoms with Crippen LogP contribution in [0.3, 0.4) is 0 Å². The minimum absolute atomic E-state index is 0.0125. The molecule has 0 spiro atoms. The molecule has 1 aliphatic heterocycles. The van der Waals surface area contributed by atoms with Gasteiger partial charge in [-0.3, -0.25) is 4.79 Å². The normalized spacial score (nSPS) is 12.6. The van der Waals surface area contributed by atoms with Crippen molar-refractivity contribution in [1.29, 1.82) is 0 Å². The van der Waals surface area contributed by atoms with Gasteiger partial charge in [0, 0.05) is 17.8 Å². The van der Waals surface area contributed by atoms with Crippen molar-refractivity contribution in [3.63, 3.8) is 0 Å². The van der Waals surface area contributed by atoms with Crippen molar-refractivity contribution in [2.45, 2.75) is 6.42 Å². The third kappa shape index (κ3) is 2.60. The van der Waals surface area contributed by atoms with Crippen LogP contribution in [0.2, 0.25) is 0 Å². The first-order chi connectivity index (χ1) is 9.33. The molecule has 96 valence electrons. The number of rotatable bonds is 4. The van der Waals surface area contributed by atoms with Crippen molar-refractivity contribution in [2.75, 3.05) is 18.5 Å². The molecular formula is C16H15NO2. The lowest BCUT2D eigenvalue weighted by molar-refractivity contribution is 0.0921. The van der Waals surface area contributed by atoms with Gasteiger partial charge in [0.2, 0.25) is 0 Å². The van der Waals surface area contributed by atoms with Crippen molar-refractivity contribution < 1.29 is 9.53 Å². The Hall–Kier alpha value is -2.29. The van der Waals surface area contributed by atoms with E-state index in [0.717, 1.165) is 30.0 Å². The standard InChI is InChI=1S/C16H15NO2/c18-16(11-19-14-4-2-1-3-5-14)13-6-7-15-12(10-13)8-9-17-15/h1-7,10,17H,8-9,11H2. The summed E-state index contributed by atoms with van der Waals surface area (Å²) in [5.74, 6) is 0.734. The molecule has 3 heteroatoms. The monoisotopic (exact) mass is 253 g/mol. The third-order valence-electron chi connectivity index (χ3n) is 3.25. The molecule has 0 bridgehead atoms. The molecule has 0 atom stereocenters. The van der Waals surface area contributed by atoms with Crippen LogP contribution in [0, 0.1) is 0 Å². The molecule has 0 aliphatic carbocycles. The second-order valence-corrected chi connectivity index (χ2v) is 4.57. The van der Waals surface area contributed by atoms with Gasteiger partial charge in [0.05, 0.1) is 0 Å². The number of ketones is 1. The second-order valence-electron chi connectivity index (χ2n) is 4.57. The van der Waals surface area contributed by atoms with Crippen molar-refractivity contribution in [2.24, 2.45) is 0 Å².